The Kier molecular flexibility index (Phi) is 6.32. The largest absolute Gasteiger partial charge is 0.478 e. The average molecular weight is 174 g/mol. The SMILES string of the molecule is C1COCOC1.C=C(C)C(=O)O. The Morgan fingerprint density at radius 3 is 1.92 bits per heavy atom. The van der Waals surface area contributed by atoms with Crippen LogP contribution in [-0.4, -0.2) is 31.1 Å². The molecule has 0 aromatic carbocycles. The zero-order valence-corrected chi connectivity index (χ0v) is 7.21. The third kappa shape index (κ3) is 7.24. The van der Waals surface area contributed by atoms with Gasteiger partial charge >= 0.3 is 5.97 Å². The number of ether oxygens (including phenoxy) is 2. The lowest BCUT2D eigenvalue weighted by atomic mass is 10.4. The van der Waals surface area contributed by atoms with Gasteiger partial charge in [-0.05, 0) is 13.3 Å². The van der Waals surface area contributed by atoms with E-state index in [1.165, 1.54) is 6.92 Å². The molecule has 1 aliphatic heterocycles. The molecule has 0 saturated carbocycles. The van der Waals surface area contributed by atoms with Crippen LogP contribution in [0.1, 0.15) is 13.3 Å². The van der Waals surface area contributed by atoms with Crippen molar-refractivity contribution in [1.82, 2.24) is 0 Å². The molecule has 0 spiro atoms. The number of aliphatic carboxylic acids is 1. The highest BCUT2D eigenvalue weighted by molar-refractivity contribution is 5.84. The minimum atomic E-state index is -0.935. The molecule has 4 heteroatoms. The molecule has 0 aliphatic carbocycles. The van der Waals surface area contributed by atoms with Gasteiger partial charge in [0.25, 0.3) is 0 Å². The van der Waals surface area contributed by atoms with Crippen LogP contribution >= 0.6 is 0 Å². The Morgan fingerprint density at radius 1 is 1.42 bits per heavy atom. The van der Waals surface area contributed by atoms with Crippen LogP contribution in [0.15, 0.2) is 12.2 Å². The first kappa shape index (κ1) is 11.1. The lowest BCUT2D eigenvalue weighted by Gasteiger charge is -2.09. The van der Waals surface area contributed by atoms with E-state index in [9.17, 15) is 4.79 Å². The van der Waals surface area contributed by atoms with Crippen molar-refractivity contribution in [1.29, 1.82) is 0 Å². The molecular formula is C8H14O4. The van der Waals surface area contributed by atoms with E-state index in [-0.39, 0.29) is 5.57 Å². The Balaban J connectivity index is 0.000000202. The quantitative estimate of drug-likeness (QED) is 0.603. The fraction of sp³-hybridized carbons (Fsp3) is 0.625. The first-order valence-electron chi connectivity index (χ1n) is 3.69. The van der Waals surface area contributed by atoms with Crippen LogP contribution < -0.4 is 0 Å². The highest BCUT2D eigenvalue weighted by atomic mass is 16.7. The third-order valence-corrected chi connectivity index (χ3v) is 1.11. The number of carbonyl (C=O) groups is 1. The van der Waals surface area contributed by atoms with Gasteiger partial charge in [-0.2, -0.15) is 0 Å². The van der Waals surface area contributed by atoms with Crippen molar-refractivity contribution in [3.05, 3.63) is 12.2 Å². The van der Waals surface area contributed by atoms with E-state index in [2.05, 4.69) is 6.58 Å². The molecule has 0 radical (unpaired) electrons. The standard InChI is InChI=1S/C4H8O2.C4H6O2/c1-2-5-4-6-3-1;1-3(2)4(5)6/h1-4H2;1H2,2H3,(H,5,6). The maximum atomic E-state index is 9.60. The summed E-state index contributed by atoms with van der Waals surface area (Å²) in [5.74, 6) is -0.935. The zero-order chi connectivity index (χ0) is 9.40. The summed E-state index contributed by atoms with van der Waals surface area (Å²) < 4.78 is 9.69. The third-order valence-electron chi connectivity index (χ3n) is 1.11. The van der Waals surface area contributed by atoms with E-state index in [0.717, 1.165) is 19.6 Å². The number of rotatable bonds is 1. The van der Waals surface area contributed by atoms with Gasteiger partial charge in [-0.25, -0.2) is 4.79 Å². The maximum Gasteiger partial charge on any atom is 0.330 e. The van der Waals surface area contributed by atoms with Crippen molar-refractivity contribution in [2.45, 2.75) is 13.3 Å². The van der Waals surface area contributed by atoms with Gasteiger partial charge in [0.2, 0.25) is 0 Å². The van der Waals surface area contributed by atoms with Gasteiger partial charge in [0.1, 0.15) is 6.79 Å². The van der Waals surface area contributed by atoms with E-state index in [1.807, 2.05) is 0 Å². The van der Waals surface area contributed by atoms with Gasteiger partial charge in [-0.15, -0.1) is 0 Å². The average Bonchev–Trinajstić information content (AvgIpc) is 2.08. The molecule has 0 amide bonds. The van der Waals surface area contributed by atoms with Gasteiger partial charge in [-0.1, -0.05) is 6.58 Å². The van der Waals surface area contributed by atoms with Crippen LogP contribution in [0.3, 0.4) is 0 Å². The second kappa shape index (κ2) is 6.82. The lowest BCUT2D eigenvalue weighted by molar-refractivity contribution is -0.132. The first-order chi connectivity index (χ1) is 5.64. The number of carboxylic acid groups (broad SMARTS) is 1. The molecular weight excluding hydrogens is 160 g/mol. The highest BCUT2D eigenvalue weighted by Gasteiger charge is 1.94. The van der Waals surface area contributed by atoms with E-state index in [0.29, 0.717) is 6.79 Å². The summed E-state index contributed by atoms with van der Waals surface area (Å²) in [6.07, 6.45) is 1.06. The molecule has 0 bridgehead atoms. The smallest absolute Gasteiger partial charge is 0.330 e. The summed E-state index contributed by atoms with van der Waals surface area (Å²) in [7, 11) is 0. The minimum Gasteiger partial charge on any atom is -0.478 e. The molecule has 70 valence electrons. The summed E-state index contributed by atoms with van der Waals surface area (Å²) in [6.45, 7) is 6.85. The topological polar surface area (TPSA) is 55.8 Å². The summed E-state index contributed by atoms with van der Waals surface area (Å²) in [4.78, 5) is 9.60. The molecule has 1 N–H and O–H groups in total. The minimum absolute atomic E-state index is 0.176. The summed E-state index contributed by atoms with van der Waals surface area (Å²) in [6, 6.07) is 0. The summed E-state index contributed by atoms with van der Waals surface area (Å²) in [5.41, 5.74) is 0.176. The number of hydrogen-bond donors (Lipinski definition) is 1. The van der Waals surface area contributed by atoms with Crippen molar-refractivity contribution in [3.63, 3.8) is 0 Å². The van der Waals surface area contributed by atoms with E-state index >= 15 is 0 Å². The fourth-order valence-electron chi connectivity index (χ4n) is 0.440. The molecule has 0 atom stereocenters. The van der Waals surface area contributed by atoms with Crippen LogP contribution in [0.25, 0.3) is 0 Å². The molecule has 1 rings (SSSR count). The van der Waals surface area contributed by atoms with Crippen LogP contribution in [-0.2, 0) is 14.3 Å². The zero-order valence-electron chi connectivity index (χ0n) is 7.21. The second-order valence-electron chi connectivity index (χ2n) is 2.37. The van der Waals surface area contributed by atoms with E-state index in [4.69, 9.17) is 14.6 Å². The Morgan fingerprint density at radius 2 is 1.83 bits per heavy atom. The summed E-state index contributed by atoms with van der Waals surface area (Å²) in [5, 5.41) is 7.89. The predicted octanol–water partition coefficient (Wildman–Crippen LogP) is 1.03. The molecule has 1 fully saturated rings. The van der Waals surface area contributed by atoms with Gasteiger partial charge in [0.15, 0.2) is 0 Å². The lowest BCUT2D eigenvalue weighted by Crippen LogP contribution is -2.11. The van der Waals surface area contributed by atoms with Crippen molar-refractivity contribution < 1.29 is 19.4 Å². The monoisotopic (exact) mass is 174 g/mol. The van der Waals surface area contributed by atoms with E-state index < -0.39 is 5.97 Å². The van der Waals surface area contributed by atoms with Crippen LogP contribution in [0.2, 0.25) is 0 Å². The number of hydrogen-bond acceptors (Lipinski definition) is 3. The second-order valence-corrected chi connectivity index (χ2v) is 2.37. The fourth-order valence-corrected chi connectivity index (χ4v) is 0.440. The Labute approximate surface area is 71.8 Å². The Hall–Kier alpha value is -0.870. The van der Waals surface area contributed by atoms with E-state index in [1.54, 1.807) is 0 Å². The molecule has 1 aliphatic rings. The van der Waals surface area contributed by atoms with Crippen molar-refractivity contribution in [2.75, 3.05) is 20.0 Å². The molecule has 4 nitrogen and oxygen atoms in total. The predicted molar refractivity (Wildman–Crippen MR) is 43.8 cm³/mol. The summed E-state index contributed by atoms with van der Waals surface area (Å²) >= 11 is 0. The van der Waals surface area contributed by atoms with Crippen molar-refractivity contribution in [2.24, 2.45) is 0 Å². The van der Waals surface area contributed by atoms with Crippen molar-refractivity contribution in [3.8, 4) is 0 Å². The van der Waals surface area contributed by atoms with Crippen LogP contribution in [0.5, 0.6) is 0 Å². The number of carboxylic acids is 1. The molecule has 12 heavy (non-hydrogen) atoms. The molecule has 0 unspecified atom stereocenters. The van der Waals surface area contributed by atoms with Crippen LogP contribution in [0, 0.1) is 0 Å². The van der Waals surface area contributed by atoms with Gasteiger partial charge < -0.3 is 14.6 Å². The highest BCUT2D eigenvalue weighted by Crippen LogP contribution is 1.91. The molecule has 0 aromatic rings. The Bertz CT molecular complexity index is 126. The van der Waals surface area contributed by atoms with Crippen molar-refractivity contribution >= 4 is 5.97 Å². The first-order valence-corrected chi connectivity index (χ1v) is 3.69. The maximum absolute atomic E-state index is 9.60. The molecule has 0 aromatic heterocycles. The van der Waals surface area contributed by atoms with Crippen LogP contribution in [0.4, 0.5) is 0 Å². The van der Waals surface area contributed by atoms with Gasteiger partial charge in [-0.3, -0.25) is 0 Å². The van der Waals surface area contributed by atoms with Gasteiger partial charge in [0.05, 0.1) is 13.2 Å². The molecule has 1 saturated heterocycles. The normalized spacial score (nSPS) is 15.8. The molecule has 1 heterocycles. The van der Waals surface area contributed by atoms with Gasteiger partial charge in [0, 0.05) is 5.57 Å².